The summed E-state index contributed by atoms with van der Waals surface area (Å²) in [5, 5.41) is 8.94. The number of urea groups is 1. The second-order valence-electron chi connectivity index (χ2n) is 5.62. The molecule has 1 N–H and O–H groups in total. The van der Waals surface area contributed by atoms with Crippen molar-refractivity contribution in [2.45, 2.75) is 39.7 Å². The molecular formula is C14H26N2O4. The summed E-state index contributed by atoms with van der Waals surface area (Å²) >= 11 is 0. The van der Waals surface area contributed by atoms with Gasteiger partial charge in [0.1, 0.15) is 6.54 Å². The molecule has 1 fully saturated rings. The van der Waals surface area contributed by atoms with Gasteiger partial charge in [-0.25, -0.2) is 4.79 Å². The standard InChI is InChI=1S/C14H26N2O4/c1-4-20-12-6-5-7-15(9-12)14(19)16(8-11(2)3)10-13(17)18/h11-12H,4-10H2,1-3H3,(H,17,18). The minimum Gasteiger partial charge on any atom is -0.480 e. The molecule has 1 rings (SSSR count). The fourth-order valence-corrected chi connectivity index (χ4v) is 2.50. The fourth-order valence-electron chi connectivity index (χ4n) is 2.50. The van der Waals surface area contributed by atoms with Crippen molar-refractivity contribution in [3.63, 3.8) is 0 Å². The Kier molecular flexibility index (Phi) is 6.78. The number of carboxylic acids is 1. The molecular weight excluding hydrogens is 260 g/mol. The summed E-state index contributed by atoms with van der Waals surface area (Å²) in [6.45, 7) is 7.97. The van der Waals surface area contributed by atoms with Crippen molar-refractivity contribution in [3.8, 4) is 0 Å². The van der Waals surface area contributed by atoms with E-state index in [1.165, 1.54) is 4.90 Å². The summed E-state index contributed by atoms with van der Waals surface area (Å²) in [6.07, 6.45) is 1.93. The van der Waals surface area contributed by atoms with Gasteiger partial charge < -0.3 is 19.6 Å². The zero-order valence-electron chi connectivity index (χ0n) is 12.7. The molecule has 6 nitrogen and oxygen atoms in total. The van der Waals surface area contributed by atoms with Gasteiger partial charge in [0, 0.05) is 26.2 Å². The normalized spacial score (nSPS) is 19.2. The van der Waals surface area contributed by atoms with Crippen LogP contribution in [0.3, 0.4) is 0 Å². The highest BCUT2D eigenvalue weighted by Crippen LogP contribution is 2.15. The van der Waals surface area contributed by atoms with Crippen LogP contribution < -0.4 is 0 Å². The largest absolute Gasteiger partial charge is 0.480 e. The van der Waals surface area contributed by atoms with Crippen molar-refractivity contribution in [1.29, 1.82) is 0 Å². The Morgan fingerprint density at radius 2 is 2.15 bits per heavy atom. The van der Waals surface area contributed by atoms with Crippen molar-refractivity contribution < 1.29 is 19.4 Å². The van der Waals surface area contributed by atoms with Crippen LogP contribution in [-0.4, -0.2) is 65.8 Å². The molecule has 20 heavy (non-hydrogen) atoms. The molecule has 0 spiro atoms. The number of carbonyl (C=O) groups is 2. The molecule has 0 aliphatic carbocycles. The van der Waals surface area contributed by atoms with E-state index in [1.807, 2.05) is 20.8 Å². The Morgan fingerprint density at radius 3 is 2.70 bits per heavy atom. The molecule has 0 aromatic carbocycles. The van der Waals surface area contributed by atoms with Crippen LogP contribution in [0.1, 0.15) is 33.6 Å². The van der Waals surface area contributed by atoms with Crippen LogP contribution in [0.25, 0.3) is 0 Å². The predicted molar refractivity (Wildman–Crippen MR) is 75.7 cm³/mol. The lowest BCUT2D eigenvalue weighted by Crippen LogP contribution is -2.51. The number of aliphatic carboxylic acids is 1. The van der Waals surface area contributed by atoms with E-state index in [9.17, 15) is 9.59 Å². The van der Waals surface area contributed by atoms with Crippen LogP contribution in [0.15, 0.2) is 0 Å². The number of rotatable bonds is 6. The average molecular weight is 286 g/mol. The molecule has 0 bridgehead atoms. The van der Waals surface area contributed by atoms with E-state index in [0.29, 0.717) is 26.2 Å². The Morgan fingerprint density at radius 1 is 1.45 bits per heavy atom. The smallest absolute Gasteiger partial charge is 0.323 e. The first-order chi connectivity index (χ1) is 9.43. The summed E-state index contributed by atoms with van der Waals surface area (Å²) in [7, 11) is 0. The van der Waals surface area contributed by atoms with Gasteiger partial charge in [0.05, 0.1) is 6.10 Å². The van der Waals surface area contributed by atoms with Gasteiger partial charge in [-0.15, -0.1) is 0 Å². The minimum absolute atomic E-state index is 0.0726. The lowest BCUT2D eigenvalue weighted by molar-refractivity contribution is -0.137. The van der Waals surface area contributed by atoms with E-state index in [-0.39, 0.29) is 24.6 Å². The minimum atomic E-state index is -0.975. The molecule has 1 atom stereocenters. The summed E-state index contributed by atoms with van der Waals surface area (Å²) in [4.78, 5) is 26.5. The van der Waals surface area contributed by atoms with Crippen molar-refractivity contribution in [2.75, 3.05) is 32.8 Å². The summed E-state index contributed by atoms with van der Waals surface area (Å²) in [5.41, 5.74) is 0. The van der Waals surface area contributed by atoms with Gasteiger partial charge in [0.2, 0.25) is 0 Å². The van der Waals surface area contributed by atoms with E-state index in [0.717, 1.165) is 12.8 Å². The molecule has 1 saturated heterocycles. The van der Waals surface area contributed by atoms with Crippen molar-refractivity contribution in [1.82, 2.24) is 9.80 Å². The number of ether oxygens (including phenoxy) is 1. The van der Waals surface area contributed by atoms with Crippen LogP contribution >= 0.6 is 0 Å². The number of likely N-dealkylation sites (tertiary alicyclic amines) is 1. The molecule has 0 saturated carbocycles. The fraction of sp³-hybridized carbons (Fsp3) is 0.857. The van der Waals surface area contributed by atoms with Gasteiger partial charge in [-0.05, 0) is 25.7 Å². The van der Waals surface area contributed by atoms with Gasteiger partial charge in [0.25, 0.3) is 0 Å². The number of piperidine rings is 1. The van der Waals surface area contributed by atoms with Gasteiger partial charge >= 0.3 is 12.0 Å². The first kappa shape index (κ1) is 16.8. The molecule has 1 unspecified atom stereocenters. The van der Waals surface area contributed by atoms with E-state index in [4.69, 9.17) is 9.84 Å². The zero-order valence-corrected chi connectivity index (χ0v) is 12.7. The maximum Gasteiger partial charge on any atom is 0.323 e. The predicted octanol–water partition coefficient (Wildman–Crippen LogP) is 1.65. The number of carbonyl (C=O) groups excluding carboxylic acids is 1. The van der Waals surface area contributed by atoms with Crippen molar-refractivity contribution in [3.05, 3.63) is 0 Å². The van der Waals surface area contributed by atoms with E-state index in [1.54, 1.807) is 4.90 Å². The Balaban J connectivity index is 2.64. The second-order valence-corrected chi connectivity index (χ2v) is 5.62. The van der Waals surface area contributed by atoms with Crippen LogP contribution in [0, 0.1) is 5.92 Å². The zero-order chi connectivity index (χ0) is 15.1. The lowest BCUT2D eigenvalue weighted by Gasteiger charge is -2.36. The number of amides is 2. The third-order valence-electron chi connectivity index (χ3n) is 3.23. The van der Waals surface area contributed by atoms with E-state index >= 15 is 0 Å². The van der Waals surface area contributed by atoms with Crippen molar-refractivity contribution in [2.24, 2.45) is 5.92 Å². The van der Waals surface area contributed by atoms with Crippen molar-refractivity contribution >= 4 is 12.0 Å². The third-order valence-corrected chi connectivity index (χ3v) is 3.23. The lowest BCUT2D eigenvalue weighted by atomic mass is 10.1. The SMILES string of the molecule is CCOC1CCCN(C(=O)N(CC(=O)O)CC(C)C)C1. The maximum atomic E-state index is 12.5. The topological polar surface area (TPSA) is 70.1 Å². The first-order valence-electron chi connectivity index (χ1n) is 7.31. The maximum absolute atomic E-state index is 12.5. The molecule has 116 valence electrons. The Labute approximate surface area is 120 Å². The summed E-state index contributed by atoms with van der Waals surface area (Å²) in [6, 6.07) is -0.189. The molecule has 0 aromatic heterocycles. The molecule has 1 aliphatic heterocycles. The summed E-state index contributed by atoms with van der Waals surface area (Å²) in [5.74, 6) is -0.733. The van der Waals surface area contributed by atoms with E-state index < -0.39 is 5.97 Å². The average Bonchev–Trinajstić information content (AvgIpc) is 2.37. The molecule has 1 aliphatic rings. The summed E-state index contributed by atoms with van der Waals surface area (Å²) < 4.78 is 5.58. The Bertz CT molecular complexity index is 331. The highest BCUT2D eigenvalue weighted by Gasteiger charge is 2.28. The quantitative estimate of drug-likeness (QED) is 0.806. The number of carboxylic acid groups (broad SMARTS) is 1. The van der Waals surface area contributed by atoms with Crippen LogP contribution in [0.5, 0.6) is 0 Å². The monoisotopic (exact) mass is 286 g/mol. The van der Waals surface area contributed by atoms with Gasteiger partial charge in [-0.2, -0.15) is 0 Å². The number of hydrogen-bond donors (Lipinski definition) is 1. The third kappa shape index (κ3) is 5.36. The molecule has 2 amide bonds. The van der Waals surface area contributed by atoms with E-state index in [2.05, 4.69) is 0 Å². The van der Waals surface area contributed by atoms with Gasteiger partial charge in [0.15, 0.2) is 0 Å². The van der Waals surface area contributed by atoms with Crippen LogP contribution in [0.2, 0.25) is 0 Å². The van der Waals surface area contributed by atoms with Crippen LogP contribution in [0.4, 0.5) is 4.79 Å². The highest BCUT2D eigenvalue weighted by atomic mass is 16.5. The van der Waals surface area contributed by atoms with Crippen LogP contribution in [-0.2, 0) is 9.53 Å². The molecule has 1 heterocycles. The number of hydrogen-bond acceptors (Lipinski definition) is 3. The Hall–Kier alpha value is -1.30. The molecule has 0 radical (unpaired) electrons. The highest BCUT2D eigenvalue weighted by molar-refractivity contribution is 5.80. The van der Waals surface area contributed by atoms with Gasteiger partial charge in [-0.3, -0.25) is 4.79 Å². The van der Waals surface area contributed by atoms with Gasteiger partial charge in [-0.1, -0.05) is 13.8 Å². The first-order valence-corrected chi connectivity index (χ1v) is 7.31. The number of nitrogens with zero attached hydrogens (tertiary/aromatic N) is 2. The second kappa shape index (κ2) is 8.09. The molecule has 0 aromatic rings. The molecule has 6 heteroatoms.